The molecule has 0 aromatic carbocycles. The minimum Gasteiger partial charge on any atom is -0.481 e. The summed E-state index contributed by atoms with van der Waals surface area (Å²) in [6, 6.07) is 0. The number of rotatable bonds is 10. The second kappa shape index (κ2) is 8.25. The van der Waals surface area contributed by atoms with E-state index in [-0.39, 0.29) is 17.7 Å². The number of methoxy groups -OCH3 is 1. The maximum Gasteiger partial charge on any atom is 0.310 e. The van der Waals surface area contributed by atoms with Crippen molar-refractivity contribution >= 4 is 11.9 Å². The minimum atomic E-state index is -0.944. The highest BCUT2D eigenvalue weighted by Crippen LogP contribution is 2.31. The third-order valence-electron chi connectivity index (χ3n) is 4.05. The fourth-order valence-corrected chi connectivity index (χ4v) is 2.05. The van der Waals surface area contributed by atoms with Gasteiger partial charge in [-0.25, -0.2) is 0 Å². The second-order valence-electron chi connectivity index (χ2n) is 6.15. The van der Waals surface area contributed by atoms with Gasteiger partial charge in [-0.2, -0.15) is 0 Å². The highest BCUT2D eigenvalue weighted by atomic mass is 16.5. The number of carboxylic acids is 1. The molecule has 5 heteroatoms. The molecule has 0 spiro atoms. The number of nitrogens with one attached hydrogen (secondary N) is 1. The van der Waals surface area contributed by atoms with Gasteiger partial charge in [0.05, 0.1) is 5.41 Å². The van der Waals surface area contributed by atoms with Crippen molar-refractivity contribution in [2.45, 2.75) is 53.4 Å². The summed E-state index contributed by atoms with van der Waals surface area (Å²) in [6.45, 7) is 8.90. The highest BCUT2D eigenvalue weighted by Gasteiger charge is 2.37. The zero-order valence-corrected chi connectivity index (χ0v) is 13.4. The maximum absolute atomic E-state index is 12.0. The molecule has 0 bridgehead atoms. The molecule has 2 N–H and O–H groups in total. The Hall–Kier alpha value is -1.10. The van der Waals surface area contributed by atoms with Gasteiger partial charge >= 0.3 is 5.97 Å². The lowest BCUT2D eigenvalue weighted by Crippen LogP contribution is -2.40. The first-order valence-corrected chi connectivity index (χ1v) is 7.22. The molecule has 0 aliphatic carbocycles. The van der Waals surface area contributed by atoms with Crippen LogP contribution < -0.4 is 5.32 Å². The van der Waals surface area contributed by atoms with Gasteiger partial charge in [0.2, 0.25) is 5.91 Å². The van der Waals surface area contributed by atoms with Crippen LogP contribution in [0.15, 0.2) is 0 Å². The number of hydrogen-bond donors (Lipinski definition) is 2. The Morgan fingerprint density at radius 3 is 2.15 bits per heavy atom. The van der Waals surface area contributed by atoms with Crippen LogP contribution in [0.1, 0.15) is 53.4 Å². The molecule has 0 aliphatic heterocycles. The molecule has 0 aromatic rings. The van der Waals surface area contributed by atoms with Crippen molar-refractivity contribution in [1.82, 2.24) is 5.32 Å². The normalized spacial score (nSPS) is 12.2. The van der Waals surface area contributed by atoms with E-state index >= 15 is 0 Å². The van der Waals surface area contributed by atoms with E-state index in [9.17, 15) is 14.7 Å². The van der Waals surface area contributed by atoms with Crippen LogP contribution in [0.4, 0.5) is 0 Å². The van der Waals surface area contributed by atoms with Crippen LogP contribution in [0.3, 0.4) is 0 Å². The fourth-order valence-electron chi connectivity index (χ4n) is 2.05. The number of carboxylic acid groups (broad SMARTS) is 1. The molecule has 0 radical (unpaired) electrons. The molecule has 1 amide bonds. The topological polar surface area (TPSA) is 75.6 Å². The van der Waals surface area contributed by atoms with E-state index in [0.29, 0.717) is 26.0 Å². The molecule has 0 unspecified atom stereocenters. The third-order valence-corrected chi connectivity index (χ3v) is 4.05. The molecule has 0 heterocycles. The first kappa shape index (κ1) is 18.9. The lowest BCUT2D eigenvalue weighted by molar-refractivity contribution is -0.152. The molecule has 0 rings (SSSR count). The average molecular weight is 287 g/mol. The monoisotopic (exact) mass is 287 g/mol. The Labute approximate surface area is 122 Å². The van der Waals surface area contributed by atoms with E-state index < -0.39 is 11.4 Å². The number of carbonyl (C=O) groups excluding carboxylic acids is 1. The summed E-state index contributed by atoms with van der Waals surface area (Å²) in [5, 5.41) is 12.2. The number of aliphatic carboxylic acids is 1. The largest absolute Gasteiger partial charge is 0.481 e. The van der Waals surface area contributed by atoms with E-state index in [2.05, 4.69) is 19.2 Å². The van der Waals surface area contributed by atoms with Gasteiger partial charge in [0.1, 0.15) is 0 Å². The van der Waals surface area contributed by atoms with Crippen molar-refractivity contribution in [3.63, 3.8) is 0 Å². The van der Waals surface area contributed by atoms with Crippen molar-refractivity contribution in [2.24, 2.45) is 10.8 Å². The second-order valence-corrected chi connectivity index (χ2v) is 6.15. The Morgan fingerprint density at radius 1 is 1.20 bits per heavy atom. The first-order valence-electron chi connectivity index (χ1n) is 7.22. The summed E-state index contributed by atoms with van der Waals surface area (Å²) in [4.78, 5) is 23.4. The summed E-state index contributed by atoms with van der Waals surface area (Å²) < 4.78 is 5.04. The number of ether oxygens (including phenoxy) is 1. The van der Waals surface area contributed by atoms with Crippen LogP contribution in [0.25, 0.3) is 0 Å². The Balaban J connectivity index is 4.45. The lowest BCUT2D eigenvalue weighted by Gasteiger charge is -2.28. The van der Waals surface area contributed by atoms with Crippen molar-refractivity contribution in [3.05, 3.63) is 0 Å². The molecular formula is C15H29NO4. The van der Waals surface area contributed by atoms with Gasteiger partial charge in [-0.3, -0.25) is 9.59 Å². The van der Waals surface area contributed by atoms with Crippen LogP contribution in [-0.4, -0.2) is 37.2 Å². The van der Waals surface area contributed by atoms with Gasteiger partial charge in [-0.05, 0) is 24.7 Å². The molecule has 0 atom stereocenters. The molecule has 0 saturated heterocycles. The van der Waals surface area contributed by atoms with Crippen LogP contribution in [-0.2, 0) is 14.3 Å². The molecule has 0 saturated carbocycles. The van der Waals surface area contributed by atoms with Crippen LogP contribution in [0, 0.1) is 10.8 Å². The summed E-state index contributed by atoms with van der Waals surface area (Å²) >= 11 is 0. The summed E-state index contributed by atoms with van der Waals surface area (Å²) in [6.07, 6.45) is 1.80. The quantitative estimate of drug-likeness (QED) is 0.647. The van der Waals surface area contributed by atoms with Gasteiger partial charge in [-0.1, -0.05) is 27.7 Å². The van der Waals surface area contributed by atoms with Crippen molar-refractivity contribution in [1.29, 1.82) is 0 Å². The van der Waals surface area contributed by atoms with E-state index in [1.165, 1.54) is 0 Å². The number of amides is 1. The van der Waals surface area contributed by atoms with Crippen molar-refractivity contribution in [2.75, 3.05) is 20.3 Å². The molecule has 118 valence electrons. The van der Waals surface area contributed by atoms with E-state index in [4.69, 9.17) is 4.74 Å². The predicted molar refractivity (Wildman–Crippen MR) is 78.6 cm³/mol. The van der Waals surface area contributed by atoms with Crippen molar-refractivity contribution in [3.8, 4) is 0 Å². The zero-order valence-electron chi connectivity index (χ0n) is 13.4. The van der Waals surface area contributed by atoms with E-state index in [1.54, 1.807) is 7.11 Å². The average Bonchev–Trinajstić information content (AvgIpc) is 2.40. The third kappa shape index (κ3) is 5.90. The molecule has 0 aromatic heterocycles. The Kier molecular flexibility index (Phi) is 7.79. The number of hydrogen-bond acceptors (Lipinski definition) is 3. The van der Waals surface area contributed by atoms with Gasteiger partial charge in [0.25, 0.3) is 0 Å². The highest BCUT2D eigenvalue weighted by molar-refractivity contribution is 5.84. The van der Waals surface area contributed by atoms with Crippen LogP contribution in [0.2, 0.25) is 0 Å². The van der Waals surface area contributed by atoms with Gasteiger partial charge < -0.3 is 15.2 Å². The fraction of sp³-hybridized carbons (Fsp3) is 0.867. The van der Waals surface area contributed by atoms with Gasteiger partial charge in [0.15, 0.2) is 0 Å². The summed E-state index contributed by atoms with van der Waals surface area (Å²) in [5.41, 5.74) is -1.00. The van der Waals surface area contributed by atoms with Crippen molar-refractivity contribution < 1.29 is 19.4 Å². The Bertz CT molecular complexity index is 322. The summed E-state index contributed by atoms with van der Waals surface area (Å²) in [5.74, 6) is -1.09. The first-order chi connectivity index (χ1) is 9.23. The van der Waals surface area contributed by atoms with E-state index in [1.807, 2.05) is 13.8 Å². The zero-order chi connectivity index (χ0) is 15.8. The smallest absolute Gasteiger partial charge is 0.310 e. The predicted octanol–water partition coefficient (Wildman–Crippen LogP) is 2.45. The van der Waals surface area contributed by atoms with Gasteiger partial charge in [-0.15, -0.1) is 0 Å². The molecule has 0 aliphatic rings. The lowest BCUT2D eigenvalue weighted by atomic mass is 9.79. The Morgan fingerprint density at radius 2 is 1.75 bits per heavy atom. The molecule has 5 nitrogen and oxygen atoms in total. The van der Waals surface area contributed by atoms with Crippen LogP contribution >= 0.6 is 0 Å². The minimum absolute atomic E-state index is 0.0374. The molecule has 0 fully saturated rings. The molecule has 20 heavy (non-hydrogen) atoms. The standard InChI is InChI=1S/C15H29NO4/c1-6-15(7-2,13(18)19)10-12(17)16-11-14(3,4)8-9-20-5/h6-11H2,1-5H3,(H,16,17)(H,18,19). The number of carbonyl (C=O) groups is 2. The molecular weight excluding hydrogens is 258 g/mol. The SMILES string of the molecule is CCC(CC)(CC(=O)NCC(C)(C)CCOC)C(=O)O. The summed E-state index contributed by atoms with van der Waals surface area (Å²) in [7, 11) is 1.65. The van der Waals surface area contributed by atoms with E-state index in [0.717, 1.165) is 6.42 Å². The van der Waals surface area contributed by atoms with Gasteiger partial charge in [0, 0.05) is 26.7 Å². The maximum atomic E-state index is 12.0. The van der Waals surface area contributed by atoms with Crippen LogP contribution in [0.5, 0.6) is 0 Å².